The summed E-state index contributed by atoms with van der Waals surface area (Å²) in [5, 5.41) is 17.8. The monoisotopic (exact) mass is 1280 g/mol. The first-order valence-corrected chi connectivity index (χ1v) is 28.3. The van der Waals surface area contributed by atoms with E-state index in [4.69, 9.17) is 20.3 Å². The van der Waals surface area contributed by atoms with E-state index in [0.29, 0.717) is 54.9 Å². The highest BCUT2D eigenvalue weighted by Crippen LogP contribution is 2.29. The summed E-state index contributed by atoms with van der Waals surface area (Å²) in [6.07, 6.45) is 6.76. The van der Waals surface area contributed by atoms with Gasteiger partial charge in [0.05, 0.1) is 13.2 Å². The summed E-state index contributed by atoms with van der Waals surface area (Å²) in [6.45, 7) is 11.7. The van der Waals surface area contributed by atoms with Gasteiger partial charge in [0.15, 0.2) is 38.8 Å². The van der Waals surface area contributed by atoms with Gasteiger partial charge < -0.3 is 30.1 Å². The molecule has 0 spiro atoms. The van der Waals surface area contributed by atoms with E-state index in [0.717, 1.165) is 52.4 Å². The van der Waals surface area contributed by atoms with Crippen LogP contribution in [0.25, 0.3) is 10.6 Å². The number of likely N-dealkylation sites (tertiary alicyclic amines) is 2. The highest BCUT2D eigenvalue weighted by atomic mass is 127. The quantitative estimate of drug-likeness (QED) is 0.0777. The minimum Gasteiger partial charge on any atom is -0.476 e. The Bertz CT molecular complexity index is 2600. The summed E-state index contributed by atoms with van der Waals surface area (Å²) in [7, 11) is 0. The number of hydrogen-bond donors (Lipinski definition) is 2. The van der Waals surface area contributed by atoms with E-state index in [-0.39, 0.29) is 41.0 Å². The molecule has 6 aromatic rings. The maximum atomic E-state index is 12.7. The van der Waals surface area contributed by atoms with E-state index in [1.54, 1.807) is 43.0 Å². The smallest absolute Gasteiger partial charge is 0.357 e. The molecule has 2 fully saturated rings. The van der Waals surface area contributed by atoms with Crippen LogP contribution in [0, 0.1) is 3.01 Å². The molecule has 2 atom stereocenters. The fraction of sp³-hybridized carbons (Fsp3) is 0.386. The number of carbonyl (C=O) groups excluding carboxylic acids is 5. The summed E-state index contributed by atoms with van der Waals surface area (Å²) in [5.41, 5.74) is 8.59. The number of carboxylic acids is 1. The molecule has 0 aliphatic carbocycles. The molecular formula is C44H49Br2IN8O9S5. The Morgan fingerprint density at radius 1 is 0.681 bits per heavy atom. The lowest BCUT2D eigenvalue weighted by Gasteiger charge is -2.32. The number of hydrogen-bond acceptors (Lipinski definition) is 19. The number of aromatic carboxylic acids is 1. The van der Waals surface area contributed by atoms with Gasteiger partial charge in [-0.15, -0.1) is 56.7 Å². The number of nitrogens with zero attached hydrogens (tertiary/aromatic N) is 7. The average Bonchev–Trinajstić information content (AvgIpc) is 4.20. The van der Waals surface area contributed by atoms with Crippen molar-refractivity contribution in [2.75, 3.05) is 32.0 Å². The standard InChI is InChI=1S/C18H20N2O2S.C10H13IN2OS.C6H6BrNO2S.C6H8N2O2S.C4H2BrNO2S/c1-12-7-5-6-10-20(12)18(22)16-11-23-17(19-16)15-9-4-3-8-14(15)13(2)21;1-7-4-2-3-5-13(7)9(14)8-6-15-10(11)12-8;2*1-2-10-5(9)4-3-11-6(7)8-4;5-4-6-2(1-9-4)3(7)8/h3-4,8-9,11-12H,5-7,10H2,1-2H3;6-7H,2-5H2,1H3;3H,2H2,1H3;3H,2H2,1H3,(H2,7,8);1H,(H,7,8). The number of Topliss-reactive ketones (excluding diaryl/α,β-unsaturated/α-hetero) is 1. The third kappa shape index (κ3) is 18.2. The number of nitrogen functional groups attached to an aromatic ring is 1. The second-order valence-electron chi connectivity index (χ2n) is 14.6. The summed E-state index contributed by atoms with van der Waals surface area (Å²) in [6, 6.07) is 8.05. The Morgan fingerprint density at radius 2 is 1.16 bits per heavy atom. The lowest BCUT2D eigenvalue weighted by atomic mass is 10.0. The first-order chi connectivity index (χ1) is 32.9. The molecular weight excluding hydrogens is 1230 g/mol. The van der Waals surface area contributed by atoms with Crippen molar-refractivity contribution in [1.82, 2.24) is 34.7 Å². The van der Waals surface area contributed by atoms with Crippen LogP contribution < -0.4 is 5.73 Å². The van der Waals surface area contributed by atoms with Crippen molar-refractivity contribution in [2.24, 2.45) is 0 Å². The summed E-state index contributed by atoms with van der Waals surface area (Å²) in [4.78, 5) is 92.5. The fourth-order valence-corrected chi connectivity index (χ4v) is 10.9. The maximum Gasteiger partial charge on any atom is 0.357 e. The summed E-state index contributed by atoms with van der Waals surface area (Å²) >= 11 is 15.1. The first kappa shape index (κ1) is 57.5. The highest BCUT2D eigenvalue weighted by molar-refractivity contribution is 14.1. The number of amides is 2. The number of anilines is 1. The van der Waals surface area contributed by atoms with Gasteiger partial charge in [-0.05, 0) is 128 Å². The molecule has 370 valence electrons. The average molecular weight is 1280 g/mol. The molecule has 5 aromatic heterocycles. The minimum atomic E-state index is -0.989. The first-order valence-electron chi connectivity index (χ1n) is 21.2. The van der Waals surface area contributed by atoms with Crippen molar-refractivity contribution in [3.05, 3.63) is 96.0 Å². The number of rotatable bonds is 9. The number of thiazole rings is 5. The van der Waals surface area contributed by atoms with Crippen LogP contribution in [-0.4, -0.2) is 114 Å². The number of carboxylic acid groups (broad SMARTS) is 1. The Kier molecular flexibility index (Phi) is 24.4. The van der Waals surface area contributed by atoms with Crippen molar-refractivity contribution >= 4 is 152 Å². The molecule has 2 unspecified atom stereocenters. The number of nitrogens with two attached hydrogens (primary N) is 1. The lowest BCUT2D eigenvalue weighted by Crippen LogP contribution is -2.42. The van der Waals surface area contributed by atoms with Gasteiger partial charge in [-0.25, -0.2) is 39.3 Å². The largest absolute Gasteiger partial charge is 0.476 e. The van der Waals surface area contributed by atoms with Crippen LogP contribution in [0.2, 0.25) is 0 Å². The van der Waals surface area contributed by atoms with Crippen LogP contribution in [0.1, 0.15) is 136 Å². The van der Waals surface area contributed by atoms with E-state index in [2.05, 4.69) is 93.2 Å². The van der Waals surface area contributed by atoms with Crippen LogP contribution in [0.4, 0.5) is 5.13 Å². The van der Waals surface area contributed by atoms with Gasteiger partial charge in [0.25, 0.3) is 11.8 Å². The van der Waals surface area contributed by atoms with Gasteiger partial charge in [0.1, 0.15) is 16.4 Å². The van der Waals surface area contributed by atoms with Crippen LogP contribution in [0.5, 0.6) is 0 Å². The SMILES string of the molecule is CC(=O)c1ccccc1-c1nc(C(=O)N2CCCCC2C)cs1.CC1CCCCN1C(=O)c1csc(I)n1.CCOC(=O)c1csc(Br)n1.CCOC(=O)c1csc(N)n1.O=C(O)c1csc(Br)n1. The van der Waals surface area contributed by atoms with Crippen LogP contribution in [-0.2, 0) is 9.47 Å². The van der Waals surface area contributed by atoms with Gasteiger partial charge in [0, 0.05) is 63.2 Å². The molecule has 2 amide bonds. The van der Waals surface area contributed by atoms with E-state index >= 15 is 0 Å². The van der Waals surface area contributed by atoms with Gasteiger partial charge in [-0.3, -0.25) is 14.4 Å². The summed E-state index contributed by atoms with van der Waals surface area (Å²) in [5.74, 6) is -1.67. The Labute approximate surface area is 449 Å². The van der Waals surface area contributed by atoms with Crippen molar-refractivity contribution in [1.29, 1.82) is 0 Å². The van der Waals surface area contributed by atoms with E-state index in [1.165, 1.54) is 74.9 Å². The van der Waals surface area contributed by atoms with Gasteiger partial charge >= 0.3 is 17.9 Å². The Balaban J connectivity index is 0.000000197. The Morgan fingerprint density at radius 3 is 1.58 bits per heavy atom. The van der Waals surface area contributed by atoms with E-state index in [9.17, 15) is 28.8 Å². The number of ketones is 1. The van der Waals surface area contributed by atoms with Gasteiger partial charge in [-0.2, -0.15) is 0 Å². The predicted octanol–water partition coefficient (Wildman–Crippen LogP) is 11.4. The number of esters is 2. The summed E-state index contributed by atoms with van der Waals surface area (Å²) < 4.78 is 11.6. The van der Waals surface area contributed by atoms with Crippen molar-refractivity contribution in [2.45, 2.75) is 85.2 Å². The van der Waals surface area contributed by atoms with Crippen molar-refractivity contribution in [3.8, 4) is 10.6 Å². The molecule has 25 heteroatoms. The number of ether oxygens (including phenoxy) is 2. The van der Waals surface area contributed by atoms with E-state index in [1.807, 2.05) is 33.4 Å². The molecule has 2 saturated heterocycles. The molecule has 2 aliphatic heterocycles. The normalized spacial score (nSPS) is 15.0. The van der Waals surface area contributed by atoms with Crippen molar-refractivity contribution < 1.29 is 43.3 Å². The number of aromatic nitrogens is 5. The molecule has 0 saturated carbocycles. The van der Waals surface area contributed by atoms with Crippen LogP contribution >= 0.6 is 111 Å². The third-order valence-electron chi connectivity index (χ3n) is 9.75. The highest BCUT2D eigenvalue weighted by Gasteiger charge is 2.27. The minimum absolute atomic E-state index is 0.00000567. The zero-order valence-corrected chi connectivity index (χ0v) is 47.4. The molecule has 3 N–H and O–H groups in total. The number of piperidine rings is 2. The van der Waals surface area contributed by atoms with E-state index < -0.39 is 11.9 Å². The second kappa shape index (κ2) is 29.3. The van der Waals surface area contributed by atoms with Gasteiger partial charge in [0.2, 0.25) is 0 Å². The predicted molar refractivity (Wildman–Crippen MR) is 286 cm³/mol. The lowest BCUT2D eigenvalue weighted by molar-refractivity contribution is 0.0511. The third-order valence-corrected chi connectivity index (χ3v) is 15.7. The molecule has 1 aromatic carbocycles. The van der Waals surface area contributed by atoms with Crippen molar-refractivity contribution in [3.63, 3.8) is 0 Å². The number of carbonyl (C=O) groups is 6. The zero-order valence-electron chi connectivity index (χ0n) is 38.0. The zero-order chi connectivity index (χ0) is 50.6. The molecule has 69 heavy (non-hydrogen) atoms. The molecule has 0 bridgehead atoms. The maximum absolute atomic E-state index is 12.7. The van der Waals surface area contributed by atoms with Crippen LogP contribution in [0.15, 0.2) is 59.0 Å². The Hall–Kier alpha value is -4.12. The van der Waals surface area contributed by atoms with Gasteiger partial charge in [-0.1, -0.05) is 24.3 Å². The molecule has 17 nitrogen and oxygen atoms in total. The molecule has 7 heterocycles. The molecule has 2 aliphatic rings. The fourth-order valence-electron chi connectivity index (χ4n) is 6.40. The molecule has 0 radical (unpaired) electrons. The molecule has 8 rings (SSSR count). The topological polar surface area (TPSA) is 238 Å². The number of halogens is 3. The van der Waals surface area contributed by atoms with Crippen LogP contribution in [0.3, 0.4) is 0 Å². The second-order valence-corrected chi connectivity index (χ2v) is 23.2. The number of benzene rings is 1.